The van der Waals surface area contributed by atoms with E-state index in [2.05, 4.69) is 44.4 Å². The summed E-state index contributed by atoms with van der Waals surface area (Å²) in [5.74, 6) is 1.87. The van der Waals surface area contributed by atoms with Gasteiger partial charge in [-0.15, -0.1) is 0 Å². The SMILES string of the molecule is CNC1CCCC1CCOc1c(C)cccc1C. The van der Waals surface area contributed by atoms with Crippen molar-refractivity contribution in [3.05, 3.63) is 29.3 Å². The zero-order valence-corrected chi connectivity index (χ0v) is 11.8. The average molecular weight is 247 g/mol. The zero-order chi connectivity index (χ0) is 13.0. The molecule has 0 bridgehead atoms. The molecular weight excluding hydrogens is 222 g/mol. The molecule has 0 radical (unpaired) electrons. The van der Waals surface area contributed by atoms with Crippen LogP contribution in [0.15, 0.2) is 18.2 Å². The molecule has 2 atom stereocenters. The molecule has 2 rings (SSSR count). The molecule has 2 heteroatoms. The maximum atomic E-state index is 5.99. The molecule has 1 saturated carbocycles. The van der Waals surface area contributed by atoms with Gasteiger partial charge in [0.25, 0.3) is 0 Å². The molecule has 1 N–H and O–H groups in total. The Hall–Kier alpha value is -1.02. The maximum absolute atomic E-state index is 5.99. The summed E-state index contributed by atoms with van der Waals surface area (Å²) in [4.78, 5) is 0. The Labute approximate surface area is 111 Å². The molecule has 2 nitrogen and oxygen atoms in total. The van der Waals surface area contributed by atoms with E-state index in [4.69, 9.17) is 4.74 Å². The summed E-state index contributed by atoms with van der Waals surface area (Å²) in [5, 5.41) is 3.43. The second-order valence-corrected chi connectivity index (χ2v) is 5.44. The molecule has 1 fully saturated rings. The Morgan fingerprint density at radius 1 is 1.22 bits per heavy atom. The highest BCUT2D eigenvalue weighted by Crippen LogP contribution is 2.29. The molecule has 0 amide bonds. The fourth-order valence-electron chi connectivity index (χ4n) is 3.10. The molecule has 0 aliphatic heterocycles. The summed E-state index contributed by atoms with van der Waals surface area (Å²) in [6, 6.07) is 7.03. The molecule has 1 aromatic rings. The van der Waals surface area contributed by atoms with Crippen molar-refractivity contribution in [2.24, 2.45) is 5.92 Å². The van der Waals surface area contributed by atoms with Gasteiger partial charge in [0.2, 0.25) is 0 Å². The third kappa shape index (κ3) is 3.05. The number of hydrogen-bond acceptors (Lipinski definition) is 2. The Morgan fingerprint density at radius 3 is 2.61 bits per heavy atom. The minimum absolute atomic E-state index is 0.701. The Bertz CT molecular complexity index is 368. The summed E-state index contributed by atoms with van der Waals surface area (Å²) < 4.78 is 5.99. The number of para-hydroxylation sites is 1. The highest BCUT2D eigenvalue weighted by Gasteiger charge is 2.25. The zero-order valence-electron chi connectivity index (χ0n) is 11.8. The normalized spacial score (nSPS) is 23.3. The van der Waals surface area contributed by atoms with Crippen molar-refractivity contribution >= 4 is 0 Å². The predicted molar refractivity (Wildman–Crippen MR) is 76.2 cm³/mol. The molecule has 0 saturated heterocycles. The first-order valence-electron chi connectivity index (χ1n) is 7.08. The molecule has 1 aliphatic rings. The number of hydrogen-bond donors (Lipinski definition) is 1. The van der Waals surface area contributed by atoms with E-state index in [0.717, 1.165) is 18.3 Å². The summed E-state index contributed by atoms with van der Waals surface area (Å²) in [6.07, 6.45) is 5.20. The average Bonchev–Trinajstić information content (AvgIpc) is 2.80. The highest BCUT2D eigenvalue weighted by molar-refractivity contribution is 5.39. The monoisotopic (exact) mass is 247 g/mol. The van der Waals surface area contributed by atoms with E-state index in [1.54, 1.807) is 0 Å². The largest absolute Gasteiger partial charge is 0.493 e. The second-order valence-electron chi connectivity index (χ2n) is 5.44. The second kappa shape index (κ2) is 6.24. The van der Waals surface area contributed by atoms with Crippen LogP contribution in [0, 0.1) is 19.8 Å². The van der Waals surface area contributed by atoms with E-state index in [-0.39, 0.29) is 0 Å². The van der Waals surface area contributed by atoms with Crippen molar-refractivity contribution in [1.29, 1.82) is 0 Å². The number of ether oxygens (including phenoxy) is 1. The standard InChI is InChI=1S/C16H25NO/c1-12-6-4-7-13(2)16(12)18-11-10-14-8-5-9-15(14)17-3/h4,6-7,14-15,17H,5,8-11H2,1-3H3. The van der Waals surface area contributed by atoms with Gasteiger partial charge in [-0.3, -0.25) is 0 Å². The third-order valence-electron chi connectivity index (χ3n) is 4.17. The third-order valence-corrected chi connectivity index (χ3v) is 4.17. The molecule has 0 heterocycles. The maximum Gasteiger partial charge on any atom is 0.125 e. The summed E-state index contributed by atoms with van der Waals surface area (Å²) in [6.45, 7) is 5.08. The molecule has 0 spiro atoms. The van der Waals surface area contributed by atoms with Gasteiger partial charge in [0.1, 0.15) is 5.75 Å². The van der Waals surface area contributed by atoms with Gasteiger partial charge in [-0.1, -0.05) is 24.6 Å². The summed E-state index contributed by atoms with van der Waals surface area (Å²) in [7, 11) is 2.08. The van der Waals surface area contributed by atoms with Gasteiger partial charge in [0.15, 0.2) is 0 Å². The van der Waals surface area contributed by atoms with Crippen molar-refractivity contribution in [1.82, 2.24) is 5.32 Å². The first-order valence-corrected chi connectivity index (χ1v) is 7.08. The van der Waals surface area contributed by atoms with E-state index >= 15 is 0 Å². The minimum atomic E-state index is 0.701. The van der Waals surface area contributed by atoms with Gasteiger partial charge in [-0.25, -0.2) is 0 Å². The first kappa shape index (κ1) is 13.4. The van der Waals surface area contributed by atoms with Crippen LogP contribution >= 0.6 is 0 Å². The first-order chi connectivity index (χ1) is 8.72. The van der Waals surface area contributed by atoms with E-state index in [9.17, 15) is 0 Å². The lowest BCUT2D eigenvalue weighted by molar-refractivity contribution is 0.261. The lowest BCUT2D eigenvalue weighted by atomic mass is 10.0. The van der Waals surface area contributed by atoms with Crippen molar-refractivity contribution < 1.29 is 4.74 Å². The van der Waals surface area contributed by atoms with Crippen molar-refractivity contribution in [2.75, 3.05) is 13.7 Å². The number of nitrogens with one attached hydrogen (secondary N) is 1. The smallest absolute Gasteiger partial charge is 0.125 e. The van der Waals surface area contributed by atoms with E-state index in [1.165, 1.54) is 36.8 Å². The Morgan fingerprint density at radius 2 is 1.94 bits per heavy atom. The van der Waals surface area contributed by atoms with Gasteiger partial charge < -0.3 is 10.1 Å². The molecule has 100 valence electrons. The molecule has 1 aliphatic carbocycles. The van der Waals surface area contributed by atoms with Crippen LogP contribution < -0.4 is 10.1 Å². The van der Waals surface area contributed by atoms with Crippen LogP contribution in [0.5, 0.6) is 5.75 Å². The summed E-state index contributed by atoms with van der Waals surface area (Å²) >= 11 is 0. The highest BCUT2D eigenvalue weighted by atomic mass is 16.5. The van der Waals surface area contributed by atoms with Crippen LogP contribution in [0.25, 0.3) is 0 Å². The fraction of sp³-hybridized carbons (Fsp3) is 0.625. The topological polar surface area (TPSA) is 21.3 Å². The van der Waals surface area contributed by atoms with Crippen LogP contribution in [-0.4, -0.2) is 19.7 Å². The van der Waals surface area contributed by atoms with Crippen LogP contribution in [0.4, 0.5) is 0 Å². The van der Waals surface area contributed by atoms with E-state index in [0.29, 0.717) is 6.04 Å². The number of benzene rings is 1. The molecular formula is C16H25NO. The summed E-state index contributed by atoms with van der Waals surface area (Å²) in [5.41, 5.74) is 2.48. The fourth-order valence-corrected chi connectivity index (χ4v) is 3.10. The Kier molecular flexibility index (Phi) is 4.65. The number of aryl methyl sites for hydroxylation is 2. The van der Waals surface area contributed by atoms with E-state index < -0.39 is 0 Å². The molecule has 1 aromatic carbocycles. The molecule has 2 unspecified atom stereocenters. The lowest BCUT2D eigenvalue weighted by Gasteiger charge is -2.19. The van der Waals surface area contributed by atoms with Crippen molar-refractivity contribution in [2.45, 2.75) is 45.6 Å². The van der Waals surface area contributed by atoms with Crippen LogP contribution in [0.1, 0.15) is 36.8 Å². The van der Waals surface area contributed by atoms with Crippen LogP contribution in [-0.2, 0) is 0 Å². The van der Waals surface area contributed by atoms with Crippen molar-refractivity contribution in [3.63, 3.8) is 0 Å². The molecule has 18 heavy (non-hydrogen) atoms. The molecule has 0 aromatic heterocycles. The van der Waals surface area contributed by atoms with Gasteiger partial charge in [-0.05, 0) is 57.2 Å². The van der Waals surface area contributed by atoms with Gasteiger partial charge in [0, 0.05) is 6.04 Å². The van der Waals surface area contributed by atoms with Crippen molar-refractivity contribution in [3.8, 4) is 5.75 Å². The quantitative estimate of drug-likeness (QED) is 0.860. The Balaban J connectivity index is 1.85. The van der Waals surface area contributed by atoms with E-state index in [1.807, 2.05) is 0 Å². The lowest BCUT2D eigenvalue weighted by Crippen LogP contribution is -2.29. The minimum Gasteiger partial charge on any atom is -0.493 e. The van der Waals surface area contributed by atoms with Crippen LogP contribution in [0.2, 0.25) is 0 Å². The van der Waals surface area contributed by atoms with Gasteiger partial charge in [-0.2, -0.15) is 0 Å². The predicted octanol–water partition coefficient (Wildman–Crippen LogP) is 3.46. The van der Waals surface area contributed by atoms with Gasteiger partial charge in [0.05, 0.1) is 6.61 Å². The van der Waals surface area contributed by atoms with Gasteiger partial charge >= 0.3 is 0 Å². The number of rotatable bonds is 5. The van der Waals surface area contributed by atoms with Crippen LogP contribution in [0.3, 0.4) is 0 Å².